The van der Waals surface area contributed by atoms with Crippen LogP contribution in [0, 0.1) is 6.92 Å². The van der Waals surface area contributed by atoms with Crippen LogP contribution >= 0.6 is 11.3 Å². The molecule has 1 atom stereocenters. The summed E-state index contributed by atoms with van der Waals surface area (Å²) in [7, 11) is 0. The predicted molar refractivity (Wildman–Crippen MR) is 97.7 cm³/mol. The number of hydrogen-bond donors (Lipinski definition) is 1. The fourth-order valence-corrected chi connectivity index (χ4v) is 4.32. The molecule has 5 nitrogen and oxygen atoms in total. The summed E-state index contributed by atoms with van der Waals surface area (Å²) in [6.45, 7) is 3.24. The summed E-state index contributed by atoms with van der Waals surface area (Å²) < 4.78 is 5.83. The van der Waals surface area contributed by atoms with Gasteiger partial charge in [-0.1, -0.05) is 12.8 Å². The van der Waals surface area contributed by atoms with Gasteiger partial charge in [0, 0.05) is 17.8 Å². The zero-order valence-corrected chi connectivity index (χ0v) is 15.5. The second kappa shape index (κ2) is 7.20. The van der Waals surface area contributed by atoms with E-state index in [9.17, 15) is 4.79 Å². The molecule has 1 unspecified atom stereocenters. The lowest BCUT2D eigenvalue weighted by Gasteiger charge is -2.28. The lowest BCUT2D eigenvalue weighted by molar-refractivity contribution is 0.165. The van der Waals surface area contributed by atoms with Gasteiger partial charge in [0.05, 0.1) is 18.3 Å². The molecule has 2 amide bonds. The first-order valence-corrected chi connectivity index (χ1v) is 10.1. The van der Waals surface area contributed by atoms with Crippen LogP contribution in [0.5, 0.6) is 0 Å². The molecule has 2 aromatic rings. The van der Waals surface area contributed by atoms with E-state index < -0.39 is 0 Å². The maximum absolute atomic E-state index is 12.8. The number of rotatable bonds is 4. The van der Waals surface area contributed by atoms with Crippen molar-refractivity contribution in [2.24, 2.45) is 0 Å². The molecule has 0 aromatic carbocycles. The van der Waals surface area contributed by atoms with E-state index in [1.165, 1.54) is 18.5 Å². The van der Waals surface area contributed by atoms with Gasteiger partial charge in [0.15, 0.2) is 0 Å². The number of aryl methyl sites for hydroxylation is 1. The number of nitrogens with one attached hydrogen (secondary N) is 1. The molecule has 2 aliphatic rings. The van der Waals surface area contributed by atoms with E-state index in [1.807, 2.05) is 24.0 Å². The Morgan fingerprint density at radius 3 is 2.96 bits per heavy atom. The van der Waals surface area contributed by atoms with Crippen LogP contribution in [0.2, 0.25) is 0 Å². The Labute approximate surface area is 152 Å². The van der Waals surface area contributed by atoms with Gasteiger partial charge in [0.1, 0.15) is 16.5 Å². The first-order chi connectivity index (χ1) is 12.2. The van der Waals surface area contributed by atoms with Crippen molar-refractivity contribution in [3.63, 3.8) is 0 Å². The molecule has 1 saturated heterocycles. The maximum atomic E-state index is 12.8. The number of likely N-dealkylation sites (tertiary alicyclic amines) is 1. The number of aromatic nitrogens is 1. The van der Waals surface area contributed by atoms with Crippen molar-refractivity contribution in [3.8, 4) is 0 Å². The molecule has 1 aliphatic carbocycles. The van der Waals surface area contributed by atoms with Crippen LogP contribution in [0.3, 0.4) is 0 Å². The van der Waals surface area contributed by atoms with Crippen molar-refractivity contribution < 1.29 is 9.21 Å². The third-order valence-corrected chi connectivity index (χ3v) is 5.93. The van der Waals surface area contributed by atoms with E-state index in [0.29, 0.717) is 12.5 Å². The Hall–Kier alpha value is -1.82. The molecule has 6 heteroatoms. The quantitative estimate of drug-likeness (QED) is 0.857. The molecule has 2 fully saturated rings. The number of amides is 2. The first-order valence-electron chi connectivity index (χ1n) is 9.26. The Kier molecular flexibility index (Phi) is 4.79. The van der Waals surface area contributed by atoms with Crippen LogP contribution in [0.4, 0.5) is 4.79 Å². The number of carbonyl (C=O) groups excluding carboxylic acids is 1. The second-order valence-corrected chi connectivity index (χ2v) is 8.05. The SMILES string of the molecule is Cc1ccc(C2CCCCCN2C(=O)NCc2nc(C3CC3)cs2)o1. The average molecular weight is 359 g/mol. The number of thiazole rings is 1. The van der Waals surface area contributed by atoms with Gasteiger partial charge in [-0.3, -0.25) is 0 Å². The van der Waals surface area contributed by atoms with Crippen LogP contribution < -0.4 is 5.32 Å². The fourth-order valence-electron chi connectivity index (χ4n) is 3.51. The molecule has 0 bridgehead atoms. The molecule has 0 spiro atoms. The van der Waals surface area contributed by atoms with E-state index in [4.69, 9.17) is 4.42 Å². The summed E-state index contributed by atoms with van der Waals surface area (Å²) >= 11 is 1.65. The van der Waals surface area contributed by atoms with Crippen molar-refractivity contribution in [1.29, 1.82) is 0 Å². The number of nitrogens with zero attached hydrogens (tertiary/aromatic N) is 2. The van der Waals surface area contributed by atoms with Crippen LogP contribution in [0.25, 0.3) is 0 Å². The summed E-state index contributed by atoms with van der Waals surface area (Å²) in [6, 6.07) is 4.01. The molecule has 25 heavy (non-hydrogen) atoms. The zero-order valence-electron chi connectivity index (χ0n) is 14.7. The highest BCUT2D eigenvalue weighted by molar-refractivity contribution is 7.09. The standard InChI is InChI=1S/C19H25N3O2S/c1-13-6-9-17(24-13)16-5-3-2-4-10-22(16)19(23)20-11-18-21-15(12-25-18)14-7-8-14/h6,9,12,14,16H,2-5,7-8,10-11H2,1H3,(H,20,23). The zero-order chi connectivity index (χ0) is 17.2. The molecule has 2 aromatic heterocycles. The summed E-state index contributed by atoms with van der Waals surface area (Å²) in [6.07, 6.45) is 6.82. The number of carbonyl (C=O) groups is 1. The molecule has 1 N–H and O–H groups in total. The van der Waals surface area contributed by atoms with Gasteiger partial charge < -0.3 is 14.6 Å². The Morgan fingerprint density at radius 1 is 1.32 bits per heavy atom. The third-order valence-electron chi connectivity index (χ3n) is 5.06. The topological polar surface area (TPSA) is 58.4 Å². The van der Waals surface area contributed by atoms with E-state index in [1.54, 1.807) is 11.3 Å². The molecule has 134 valence electrons. The minimum Gasteiger partial charge on any atom is -0.464 e. The minimum absolute atomic E-state index is 0.0101. The number of furan rings is 1. The van der Waals surface area contributed by atoms with Crippen molar-refractivity contribution in [2.75, 3.05) is 6.54 Å². The monoisotopic (exact) mass is 359 g/mol. The van der Waals surface area contributed by atoms with E-state index in [2.05, 4.69) is 15.7 Å². The molecular weight excluding hydrogens is 334 g/mol. The molecule has 3 heterocycles. The molecule has 0 radical (unpaired) electrons. The van der Waals surface area contributed by atoms with Gasteiger partial charge in [-0.15, -0.1) is 11.3 Å². The highest BCUT2D eigenvalue weighted by Gasteiger charge is 2.29. The predicted octanol–water partition coefficient (Wildman–Crippen LogP) is 4.75. The van der Waals surface area contributed by atoms with Crippen molar-refractivity contribution in [3.05, 3.63) is 39.7 Å². The van der Waals surface area contributed by atoms with Crippen LogP contribution in [-0.4, -0.2) is 22.5 Å². The van der Waals surface area contributed by atoms with Gasteiger partial charge in [0.2, 0.25) is 0 Å². The van der Waals surface area contributed by atoms with Gasteiger partial charge in [-0.2, -0.15) is 0 Å². The molecule has 1 saturated carbocycles. The maximum Gasteiger partial charge on any atom is 0.318 e. The molecular formula is C19H25N3O2S. The van der Waals surface area contributed by atoms with Crippen LogP contribution in [0.15, 0.2) is 21.9 Å². The molecule has 4 rings (SSSR count). The van der Waals surface area contributed by atoms with Gasteiger partial charge in [-0.05, 0) is 44.7 Å². The Morgan fingerprint density at radius 2 is 2.20 bits per heavy atom. The van der Waals surface area contributed by atoms with Crippen molar-refractivity contribution in [1.82, 2.24) is 15.2 Å². The van der Waals surface area contributed by atoms with Gasteiger partial charge in [0.25, 0.3) is 0 Å². The first kappa shape index (κ1) is 16.6. The van der Waals surface area contributed by atoms with E-state index in [0.717, 1.165) is 48.8 Å². The number of hydrogen-bond acceptors (Lipinski definition) is 4. The fraction of sp³-hybridized carbons (Fsp3) is 0.579. The largest absolute Gasteiger partial charge is 0.464 e. The highest BCUT2D eigenvalue weighted by atomic mass is 32.1. The number of urea groups is 1. The minimum atomic E-state index is -0.0101. The Balaban J connectivity index is 1.41. The smallest absolute Gasteiger partial charge is 0.318 e. The van der Waals surface area contributed by atoms with E-state index in [-0.39, 0.29) is 12.1 Å². The third kappa shape index (κ3) is 3.89. The lowest BCUT2D eigenvalue weighted by atomic mass is 10.1. The normalized spacial score (nSPS) is 21.2. The summed E-state index contributed by atoms with van der Waals surface area (Å²) in [5.74, 6) is 2.47. The van der Waals surface area contributed by atoms with Gasteiger partial charge in [-0.25, -0.2) is 9.78 Å². The van der Waals surface area contributed by atoms with Crippen molar-refractivity contribution >= 4 is 17.4 Å². The van der Waals surface area contributed by atoms with Crippen LogP contribution in [0.1, 0.15) is 72.7 Å². The van der Waals surface area contributed by atoms with Crippen LogP contribution in [-0.2, 0) is 6.54 Å². The molecule has 1 aliphatic heterocycles. The second-order valence-electron chi connectivity index (χ2n) is 7.11. The summed E-state index contributed by atoms with van der Waals surface area (Å²) in [4.78, 5) is 19.4. The van der Waals surface area contributed by atoms with Crippen molar-refractivity contribution in [2.45, 2.75) is 64.0 Å². The van der Waals surface area contributed by atoms with Gasteiger partial charge >= 0.3 is 6.03 Å². The highest BCUT2D eigenvalue weighted by Crippen LogP contribution is 2.40. The average Bonchev–Trinajstić information content (AvgIpc) is 3.28. The Bertz CT molecular complexity index is 735. The summed E-state index contributed by atoms with van der Waals surface area (Å²) in [5.41, 5.74) is 1.20. The van der Waals surface area contributed by atoms with E-state index >= 15 is 0 Å². The lowest BCUT2D eigenvalue weighted by Crippen LogP contribution is -2.41. The summed E-state index contributed by atoms with van der Waals surface area (Å²) in [5, 5.41) is 6.20.